The molecule has 2 rings (SSSR count). The third-order valence-corrected chi connectivity index (χ3v) is 5.30. The van der Waals surface area contributed by atoms with Crippen LogP contribution in [0.4, 0.5) is 0 Å². The summed E-state index contributed by atoms with van der Waals surface area (Å²) in [6.07, 6.45) is 3.79. The maximum Gasteiger partial charge on any atom is 0.312 e. The van der Waals surface area contributed by atoms with E-state index < -0.39 is 0 Å². The highest BCUT2D eigenvalue weighted by Gasteiger charge is 2.32. The number of hydrogen-bond donors (Lipinski definition) is 0. The lowest BCUT2D eigenvalue weighted by Gasteiger charge is -2.37. The lowest BCUT2D eigenvalue weighted by atomic mass is 10.0. The molecule has 6 nitrogen and oxygen atoms in total. The second kappa shape index (κ2) is 7.42. The molecule has 0 atom stereocenters. The van der Waals surface area contributed by atoms with E-state index in [-0.39, 0.29) is 23.9 Å². The number of rotatable bonds is 2. The number of amides is 2. The number of nitrogens with zero attached hydrogens (tertiary/aromatic N) is 4. The first-order chi connectivity index (χ1) is 10.4. The highest BCUT2D eigenvalue weighted by molar-refractivity contribution is 6.34. The summed E-state index contributed by atoms with van der Waals surface area (Å²) >= 11 is 0. The Morgan fingerprint density at radius 1 is 0.727 bits per heavy atom. The first-order valence-corrected chi connectivity index (χ1v) is 8.31. The number of hydrogen-bond acceptors (Lipinski definition) is 4. The van der Waals surface area contributed by atoms with Gasteiger partial charge in [-0.1, -0.05) is 0 Å². The van der Waals surface area contributed by atoms with Gasteiger partial charge in [-0.15, -0.1) is 0 Å². The van der Waals surface area contributed by atoms with Gasteiger partial charge in [0.1, 0.15) is 0 Å². The van der Waals surface area contributed by atoms with Crippen molar-refractivity contribution in [1.29, 1.82) is 0 Å². The molecule has 2 amide bonds. The Labute approximate surface area is 134 Å². The minimum atomic E-state index is -0.351. The summed E-state index contributed by atoms with van der Waals surface area (Å²) in [7, 11) is 7.74. The number of carbonyl (C=O) groups is 2. The van der Waals surface area contributed by atoms with Gasteiger partial charge in [-0.25, -0.2) is 0 Å². The average molecular weight is 310 g/mol. The average Bonchev–Trinajstić information content (AvgIpc) is 2.53. The van der Waals surface area contributed by atoms with Gasteiger partial charge in [-0.2, -0.15) is 0 Å². The minimum Gasteiger partial charge on any atom is -0.334 e. The molecule has 2 aliphatic rings. The van der Waals surface area contributed by atoms with Crippen molar-refractivity contribution in [2.75, 3.05) is 54.4 Å². The molecule has 0 unspecified atom stereocenters. The fraction of sp³-hybridized carbons (Fsp3) is 0.875. The molecule has 0 spiro atoms. The molecule has 22 heavy (non-hydrogen) atoms. The third kappa shape index (κ3) is 3.98. The lowest BCUT2D eigenvalue weighted by Crippen LogP contribution is -2.52. The Kier molecular flexibility index (Phi) is 5.81. The fourth-order valence-electron chi connectivity index (χ4n) is 3.40. The fourth-order valence-corrected chi connectivity index (χ4v) is 3.40. The summed E-state index contributed by atoms with van der Waals surface area (Å²) in [6, 6.07) is 0.386. The molecule has 0 aromatic heterocycles. The van der Waals surface area contributed by atoms with E-state index in [0.29, 0.717) is 0 Å². The van der Waals surface area contributed by atoms with Crippen molar-refractivity contribution in [3.05, 3.63) is 0 Å². The smallest absolute Gasteiger partial charge is 0.312 e. The molecular formula is C16H30N4O2. The number of likely N-dealkylation sites (tertiary alicyclic amines) is 2. The van der Waals surface area contributed by atoms with Gasteiger partial charge in [0.2, 0.25) is 0 Å². The summed E-state index contributed by atoms with van der Waals surface area (Å²) < 4.78 is 0. The van der Waals surface area contributed by atoms with Crippen LogP contribution < -0.4 is 0 Å². The zero-order chi connectivity index (χ0) is 16.3. The Hall–Kier alpha value is -1.14. The van der Waals surface area contributed by atoms with E-state index in [9.17, 15) is 9.59 Å². The van der Waals surface area contributed by atoms with Crippen molar-refractivity contribution in [3.8, 4) is 0 Å². The summed E-state index contributed by atoms with van der Waals surface area (Å²) in [4.78, 5) is 32.8. The highest BCUT2D eigenvalue weighted by Crippen LogP contribution is 2.17. The molecule has 0 saturated carbocycles. The topological polar surface area (TPSA) is 47.1 Å². The Bertz CT molecular complexity index is 361. The summed E-state index contributed by atoms with van der Waals surface area (Å²) in [5.41, 5.74) is 0. The zero-order valence-corrected chi connectivity index (χ0v) is 14.4. The van der Waals surface area contributed by atoms with Gasteiger partial charge < -0.3 is 19.6 Å². The monoisotopic (exact) mass is 310 g/mol. The van der Waals surface area contributed by atoms with Gasteiger partial charge in [0, 0.05) is 26.2 Å². The van der Waals surface area contributed by atoms with Crippen molar-refractivity contribution in [3.63, 3.8) is 0 Å². The Balaban J connectivity index is 1.89. The second-order valence-electron chi connectivity index (χ2n) is 6.90. The second-order valence-corrected chi connectivity index (χ2v) is 6.90. The van der Waals surface area contributed by atoms with E-state index in [4.69, 9.17) is 0 Å². The molecule has 2 saturated heterocycles. The van der Waals surface area contributed by atoms with Gasteiger partial charge in [-0.3, -0.25) is 9.59 Å². The quantitative estimate of drug-likeness (QED) is 0.678. The van der Waals surface area contributed by atoms with Crippen LogP contribution in [0.15, 0.2) is 0 Å². The van der Waals surface area contributed by atoms with Gasteiger partial charge in [0.15, 0.2) is 0 Å². The standard InChI is InChI=1S/C16H30N4O2/c1-17-9-5-13(6-10-17)19(3)15(21)16(22)20(4)14-7-11-18(2)12-8-14/h13-14H,5-12H2,1-4H3. The van der Waals surface area contributed by atoms with Gasteiger partial charge >= 0.3 is 11.8 Å². The molecule has 0 N–H and O–H groups in total. The molecule has 126 valence electrons. The van der Waals surface area contributed by atoms with Crippen LogP contribution >= 0.6 is 0 Å². The van der Waals surface area contributed by atoms with Crippen molar-refractivity contribution < 1.29 is 9.59 Å². The molecule has 2 heterocycles. The molecule has 0 bridgehead atoms. The van der Waals surface area contributed by atoms with Gasteiger partial charge in [0.05, 0.1) is 0 Å². The SMILES string of the molecule is CN1CCC(N(C)C(=O)C(=O)N(C)C2CCN(C)CC2)CC1. The summed E-state index contributed by atoms with van der Waals surface area (Å²) in [6.45, 7) is 3.95. The van der Waals surface area contributed by atoms with Crippen LogP contribution in [0.3, 0.4) is 0 Å². The zero-order valence-electron chi connectivity index (χ0n) is 14.4. The largest absolute Gasteiger partial charge is 0.334 e. The van der Waals surface area contributed by atoms with Crippen LogP contribution in [-0.4, -0.2) is 97.9 Å². The van der Waals surface area contributed by atoms with E-state index in [1.165, 1.54) is 0 Å². The van der Waals surface area contributed by atoms with Crippen LogP contribution in [0.2, 0.25) is 0 Å². The molecule has 0 aromatic rings. The first-order valence-electron chi connectivity index (χ1n) is 8.31. The van der Waals surface area contributed by atoms with Crippen LogP contribution in [-0.2, 0) is 9.59 Å². The van der Waals surface area contributed by atoms with E-state index in [2.05, 4.69) is 23.9 Å². The van der Waals surface area contributed by atoms with Crippen molar-refractivity contribution in [2.24, 2.45) is 0 Å². The molecule has 2 aliphatic heterocycles. The van der Waals surface area contributed by atoms with E-state index in [1.807, 2.05) is 0 Å². The normalized spacial score (nSPS) is 22.5. The Morgan fingerprint density at radius 3 is 1.27 bits per heavy atom. The number of piperidine rings is 2. The van der Waals surface area contributed by atoms with E-state index in [1.54, 1.807) is 23.9 Å². The van der Waals surface area contributed by atoms with E-state index >= 15 is 0 Å². The number of carbonyl (C=O) groups excluding carboxylic acids is 2. The molecule has 0 aromatic carbocycles. The minimum absolute atomic E-state index is 0.193. The molecule has 6 heteroatoms. The highest BCUT2D eigenvalue weighted by atomic mass is 16.2. The molecular weight excluding hydrogens is 280 g/mol. The predicted molar refractivity (Wildman–Crippen MR) is 86.6 cm³/mol. The predicted octanol–water partition coefficient (Wildman–Crippen LogP) is 0.0916. The number of likely N-dealkylation sites (N-methyl/N-ethyl adjacent to an activating group) is 2. The van der Waals surface area contributed by atoms with Gasteiger partial charge in [0.25, 0.3) is 0 Å². The maximum absolute atomic E-state index is 12.5. The molecule has 0 aliphatic carbocycles. The van der Waals surface area contributed by atoms with Crippen molar-refractivity contribution in [2.45, 2.75) is 37.8 Å². The lowest BCUT2D eigenvalue weighted by molar-refractivity contribution is -0.153. The van der Waals surface area contributed by atoms with Crippen LogP contribution in [0.1, 0.15) is 25.7 Å². The van der Waals surface area contributed by atoms with E-state index in [0.717, 1.165) is 51.9 Å². The van der Waals surface area contributed by atoms with Crippen LogP contribution in [0, 0.1) is 0 Å². The van der Waals surface area contributed by atoms with Crippen molar-refractivity contribution >= 4 is 11.8 Å². The van der Waals surface area contributed by atoms with Crippen LogP contribution in [0.25, 0.3) is 0 Å². The maximum atomic E-state index is 12.5. The van der Waals surface area contributed by atoms with Gasteiger partial charge in [-0.05, 0) is 66.0 Å². The summed E-state index contributed by atoms with van der Waals surface area (Å²) in [5, 5.41) is 0. The summed E-state index contributed by atoms with van der Waals surface area (Å²) in [5.74, 6) is -0.702. The first kappa shape index (κ1) is 17.2. The third-order valence-electron chi connectivity index (χ3n) is 5.30. The van der Waals surface area contributed by atoms with Crippen molar-refractivity contribution in [1.82, 2.24) is 19.6 Å². The molecule has 2 fully saturated rings. The Morgan fingerprint density at radius 2 is 1.00 bits per heavy atom. The molecule has 0 radical (unpaired) electrons. The van der Waals surface area contributed by atoms with Crippen LogP contribution in [0.5, 0.6) is 0 Å².